The van der Waals surface area contributed by atoms with E-state index in [1.54, 1.807) is 4.31 Å². The van der Waals surface area contributed by atoms with Gasteiger partial charge >= 0.3 is 0 Å². The molecule has 0 bridgehead atoms. The van der Waals surface area contributed by atoms with Gasteiger partial charge in [-0.2, -0.15) is 4.31 Å². The molecule has 0 spiro atoms. The summed E-state index contributed by atoms with van der Waals surface area (Å²) in [6, 6.07) is 0. The summed E-state index contributed by atoms with van der Waals surface area (Å²) in [5, 5.41) is 0. The molecule has 4 heteroatoms. The number of hydrogen-bond acceptors (Lipinski definition) is 2. The van der Waals surface area contributed by atoms with Gasteiger partial charge in [-0.1, -0.05) is 56.9 Å². The first-order chi connectivity index (χ1) is 7.59. The Kier molecular flexibility index (Phi) is 11.8. The number of sulfonamides is 1. The minimum absolute atomic E-state index is 0. The molecule has 0 heterocycles. The molecule has 0 saturated carbocycles. The first kappa shape index (κ1) is 29.0. The average Bonchev–Trinajstić information content (AvgIpc) is 1.95. The highest BCUT2D eigenvalue weighted by atomic mass is 32.2. The Bertz CT molecular complexity index is 371. The molecule has 0 atom stereocenters. The van der Waals surface area contributed by atoms with Crippen LogP contribution in [0.15, 0.2) is 0 Å². The van der Waals surface area contributed by atoms with Crippen molar-refractivity contribution < 1.29 is 8.42 Å². The van der Waals surface area contributed by atoms with E-state index in [2.05, 4.69) is 34.6 Å². The van der Waals surface area contributed by atoms with Crippen LogP contribution in [0.1, 0.15) is 84.1 Å². The maximum Gasteiger partial charge on any atom is 0.211 e. The molecule has 0 aromatic carbocycles. The molecule has 21 heavy (non-hydrogen) atoms. The van der Waals surface area contributed by atoms with Crippen LogP contribution in [0.4, 0.5) is 0 Å². The maximum absolute atomic E-state index is 11.9. The van der Waals surface area contributed by atoms with Gasteiger partial charge in [-0.05, 0) is 38.0 Å². The number of rotatable bonds is 4. The Morgan fingerprint density at radius 2 is 1.14 bits per heavy atom. The molecule has 0 aromatic heterocycles. The number of nitrogens with zero attached hydrogens (tertiary/aromatic N) is 1. The zero-order valence-corrected chi connectivity index (χ0v) is 14.4. The van der Waals surface area contributed by atoms with Crippen molar-refractivity contribution in [2.24, 2.45) is 10.8 Å². The zero-order valence-electron chi connectivity index (χ0n) is 13.6. The molecule has 0 fully saturated rings. The van der Waals surface area contributed by atoms with E-state index >= 15 is 0 Å². The molecular formula is C17H43NO2S. The first-order valence-corrected chi connectivity index (χ1v) is 8.42. The molecule has 0 N–H and O–H groups in total. The van der Waals surface area contributed by atoms with E-state index in [1.807, 2.05) is 20.8 Å². The van der Waals surface area contributed by atoms with Crippen molar-refractivity contribution in [3.63, 3.8) is 0 Å². The summed E-state index contributed by atoms with van der Waals surface area (Å²) in [6.45, 7) is 17.4. The normalized spacial score (nSPS) is 13.0. The third-order valence-electron chi connectivity index (χ3n) is 4.12. The van der Waals surface area contributed by atoms with E-state index in [0.717, 1.165) is 6.42 Å². The second-order valence-electron chi connectivity index (χ2n) is 7.89. The van der Waals surface area contributed by atoms with Gasteiger partial charge in [0, 0.05) is 12.1 Å². The molecule has 0 aliphatic heterocycles. The van der Waals surface area contributed by atoms with Gasteiger partial charge in [0.1, 0.15) is 0 Å². The summed E-state index contributed by atoms with van der Waals surface area (Å²) in [7, 11) is -3.16. The second kappa shape index (κ2) is 8.52. The van der Waals surface area contributed by atoms with E-state index in [9.17, 15) is 8.42 Å². The fourth-order valence-electron chi connectivity index (χ4n) is 1.75. The Morgan fingerprint density at radius 1 is 0.810 bits per heavy atom. The van der Waals surface area contributed by atoms with E-state index in [-0.39, 0.29) is 38.6 Å². The molecule has 0 amide bonds. The SMILES string of the molecule is C.C.C.CC(C)(C)N(CCC(C)(C)C(C)(C)C)S(C)(=O)=O. The fraction of sp³-hybridized carbons (Fsp3) is 1.00. The summed E-state index contributed by atoms with van der Waals surface area (Å²) < 4.78 is 25.3. The van der Waals surface area contributed by atoms with Crippen LogP contribution in [0.25, 0.3) is 0 Å². The summed E-state index contributed by atoms with van der Waals surface area (Å²) in [5.74, 6) is 0. The van der Waals surface area contributed by atoms with Crippen LogP contribution in [0.3, 0.4) is 0 Å². The quantitative estimate of drug-likeness (QED) is 0.692. The van der Waals surface area contributed by atoms with Gasteiger partial charge in [-0.3, -0.25) is 0 Å². The Morgan fingerprint density at radius 3 is 1.33 bits per heavy atom. The van der Waals surface area contributed by atoms with E-state index in [1.165, 1.54) is 6.26 Å². The van der Waals surface area contributed by atoms with Gasteiger partial charge in [0.15, 0.2) is 0 Å². The summed E-state index contributed by atoms with van der Waals surface area (Å²) >= 11 is 0. The van der Waals surface area contributed by atoms with Crippen LogP contribution >= 0.6 is 0 Å². The monoisotopic (exact) mass is 325 g/mol. The minimum atomic E-state index is -3.16. The van der Waals surface area contributed by atoms with Gasteiger partial charge in [-0.25, -0.2) is 8.42 Å². The predicted molar refractivity (Wildman–Crippen MR) is 99.3 cm³/mol. The highest BCUT2D eigenvalue weighted by Gasteiger charge is 2.36. The van der Waals surface area contributed by atoms with Gasteiger partial charge < -0.3 is 0 Å². The van der Waals surface area contributed by atoms with Crippen LogP contribution in [-0.4, -0.2) is 31.1 Å². The largest absolute Gasteiger partial charge is 0.212 e. The molecular weight excluding hydrogens is 282 g/mol. The van der Waals surface area contributed by atoms with Crippen LogP contribution in [0.2, 0.25) is 0 Å². The lowest BCUT2D eigenvalue weighted by molar-refractivity contribution is 0.100. The van der Waals surface area contributed by atoms with Crippen LogP contribution < -0.4 is 0 Å². The van der Waals surface area contributed by atoms with Crippen molar-refractivity contribution in [2.45, 2.75) is 89.6 Å². The molecule has 0 aliphatic rings. The Hall–Kier alpha value is -0.0900. The van der Waals surface area contributed by atoms with Crippen molar-refractivity contribution in [3.8, 4) is 0 Å². The van der Waals surface area contributed by atoms with E-state index in [0.29, 0.717) is 6.54 Å². The van der Waals surface area contributed by atoms with Crippen molar-refractivity contribution in [2.75, 3.05) is 12.8 Å². The van der Waals surface area contributed by atoms with E-state index < -0.39 is 10.0 Å². The lowest BCUT2D eigenvalue weighted by atomic mass is 9.67. The summed E-state index contributed by atoms with van der Waals surface area (Å²) in [4.78, 5) is 0. The Labute approximate surface area is 136 Å². The van der Waals surface area contributed by atoms with Gasteiger partial charge in [0.25, 0.3) is 0 Å². The highest BCUT2D eigenvalue weighted by Crippen LogP contribution is 2.41. The minimum Gasteiger partial charge on any atom is -0.212 e. The molecule has 0 aliphatic carbocycles. The standard InChI is InChI=1S/C14H31NO2S.3CH4/c1-12(2,3)14(7,8)10-11-15(13(4,5)6)18(9,16)17;;;/h10-11H2,1-9H3;3*1H4. The lowest BCUT2D eigenvalue weighted by Crippen LogP contribution is -2.47. The van der Waals surface area contributed by atoms with Crippen molar-refractivity contribution in [3.05, 3.63) is 0 Å². The lowest BCUT2D eigenvalue weighted by Gasteiger charge is -2.42. The Balaban J connectivity index is -0.000000482. The van der Waals surface area contributed by atoms with Gasteiger partial charge in [0.05, 0.1) is 6.26 Å². The van der Waals surface area contributed by atoms with Crippen molar-refractivity contribution >= 4 is 10.0 Å². The average molecular weight is 326 g/mol. The topological polar surface area (TPSA) is 37.4 Å². The molecule has 0 unspecified atom stereocenters. The summed E-state index contributed by atoms with van der Waals surface area (Å²) in [5.41, 5.74) is -0.100. The fourth-order valence-corrected chi connectivity index (χ4v) is 3.17. The smallest absolute Gasteiger partial charge is 0.211 e. The van der Waals surface area contributed by atoms with Gasteiger partial charge in [0.2, 0.25) is 10.0 Å². The molecule has 0 saturated heterocycles. The highest BCUT2D eigenvalue weighted by molar-refractivity contribution is 7.88. The zero-order chi connectivity index (χ0) is 15.0. The van der Waals surface area contributed by atoms with Crippen LogP contribution in [0.5, 0.6) is 0 Å². The second-order valence-corrected chi connectivity index (χ2v) is 9.80. The van der Waals surface area contributed by atoms with Crippen LogP contribution in [0, 0.1) is 10.8 Å². The number of hydrogen-bond donors (Lipinski definition) is 0. The van der Waals surface area contributed by atoms with Crippen LogP contribution in [-0.2, 0) is 10.0 Å². The molecule has 134 valence electrons. The van der Waals surface area contributed by atoms with Crippen molar-refractivity contribution in [1.82, 2.24) is 4.31 Å². The molecule has 0 rings (SSSR count). The summed E-state index contributed by atoms with van der Waals surface area (Å²) in [6.07, 6.45) is 2.16. The third kappa shape index (κ3) is 8.82. The maximum atomic E-state index is 11.9. The first-order valence-electron chi connectivity index (χ1n) is 6.57. The van der Waals surface area contributed by atoms with Crippen molar-refractivity contribution in [1.29, 1.82) is 0 Å². The van der Waals surface area contributed by atoms with Gasteiger partial charge in [-0.15, -0.1) is 0 Å². The molecule has 0 radical (unpaired) electrons. The third-order valence-corrected chi connectivity index (χ3v) is 5.65. The molecule has 3 nitrogen and oxygen atoms in total. The van der Waals surface area contributed by atoms with E-state index in [4.69, 9.17) is 0 Å². The predicted octanol–water partition coefficient (Wildman–Crippen LogP) is 5.42. The molecule has 0 aromatic rings.